The van der Waals surface area contributed by atoms with E-state index in [1.54, 1.807) is 24.3 Å². The van der Waals surface area contributed by atoms with Gasteiger partial charge < -0.3 is 15.2 Å². The molecule has 2 aromatic carbocycles. The Morgan fingerprint density at radius 3 is 2.50 bits per heavy atom. The summed E-state index contributed by atoms with van der Waals surface area (Å²) in [7, 11) is -3.88. The van der Waals surface area contributed by atoms with Gasteiger partial charge in [-0.05, 0) is 48.7 Å². The van der Waals surface area contributed by atoms with E-state index in [2.05, 4.69) is 0 Å². The fourth-order valence-corrected chi connectivity index (χ4v) is 5.11. The maximum absolute atomic E-state index is 13.4. The Morgan fingerprint density at radius 1 is 1.13 bits per heavy atom. The monoisotopic (exact) mass is 432 g/mol. The van der Waals surface area contributed by atoms with E-state index >= 15 is 0 Å². The standard InChI is InChI=1S/C21H24N2O6S/c1-2-28-16-7-9-17(10-8-16)30(26,27)23-12-11-15-5-3-4-6-18(15)19(23)13-21(25)29-14-20(22)24/h3-10,19H,2,11-14H2,1H3,(H2,22,24). The number of hydrogen-bond donors (Lipinski definition) is 1. The highest BCUT2D eigenvalue weighted by molar-refractivity contribution is 7.89. The second-order valence-corrected chi connectivity index (χ2v) is 8.71. The predicted octanol–water partition coefficient (Wildman–Crippen LogP) is 1.79. The zero-order valence-electron chi connectivity index (χ0n) is 16.6. The van der Waals surface area contributed by atoms with E-state index in [-0.39, 0.29) is 17.9 Å². The molecule has 30 heavy (non-hydrogen) atoms. The Bertz CT molecular complexity index is 1020. The fourth-order valence-electron chi connectivity index (χ4n) is 3.51. The van der Waals surface area contributed by atoms with Gasteiger partial charge in [-0.3, -0.25) is 9.59 Å². The largest absolute Gasteiger partial charge is 0.494 e. The molecule has 0 spiro atoms. The van der Waals surface area contributed by atoms with E-state index < -0.39 is 34.5 Å². The van der Waals surface area contributed by atoms with Gasteiger partial charge in [-0.1, -0.05) is 24.3 Å². The fraction of sp³-hybridized carbons (Fsp3) is 0.333. The van der Waals surface area contributed by atoms with Gasteiger partial charge in [-0.25, -0.2) is 8.42 Å². The lowest BCUT2D eigenvalue weighted by molar-refractivity contribution is -0.148. The van der Waals surface area contributed by atoms with Crippen molar-refractivity contribution >= 4 is 21.9 Å². The van der Waals surface area contributed by atoms with Crippen molar-refractivity contribution in [3.05, 3.63) is 59.7 Å². The molecule has 0 radical (unpaired) electrons. The number of hydrogen-bond acceptors (Lipinski definition) is 6. The van der Waals surface area contributed by atoms with Crippen LogP contribution in [0.4, 0.5) is 0 Å². The summed E-state index contributed by atoms with van der Waals surface area (Å²) in [6.45, 7) is 2.00. The Labute approximate surface area is 175 Å². The molecule has 1 atom stereocenters. The molecule has 1 unspecified atom stereocenters. The molecule has 0 aliphatic carbocycles. The van der Waals surface area contributed by atoms with Crippen molar-refractivity contribution in [3.63, 3.8) is 0 Å². The first-order valence-corrected chi connectivity index (χ1v) is 11.0. The van der Waals surface area contributed by atoms with Crippen LogP contribution >= 0.6 is 0 Å². The summed E-state index contributed by atoms with van der Waals surface area (Å²) in [6, 6.07) is 12.8. The van der Waals surface area contributed by atoms with Crippen molar-refractivity contribution in [3.8, 4) is 5.75 Å². The Morgan fingerprint density at radius 2 is 1.83 bits per heavy atom. The molecule has 0 saturated heterocycles. The third-order valence-corrected chi connectivity index (χ3v) is 6.76. The van der Waals surface area contributed by atoms with Crippen LogP contribution in [0.3, 0.4) is 0 Å². The summed E-state index contributed by atoms with van der Waals surface area (Å²) in [6.07, 6.45) is 0.305. The lowest BCUT2D eigenvalue weighted by Gasteiger charge is -2.36. The Kier molecular flexibility index (Phi) is 6.73. The molecule has 0 saturated carbocycles. The van der Waals surface area contributed by atoms with Crippen LogP contribution in [-0.4, -0.2) is 44.4 Å². The number of primary amides is 1. The zero-order chi connectivity index (χ0) is 21.7. The average Bonchev–Trinajstić information content (AvgIpc) is 2.73. The van der Waals surface area contributed by atoms with Crippen molar-refractivity contribution in [2.75, 3.05) is 19.8 Å². The van der Waals surface area contributed by atoms with Crippen molar-refractivity contribution in [2.24, 2.45) is 5.73 Å². The van der Waals surface area contributed by atoms with Gasteiger partial charge in [0.1, 0.15) is 5.75 Å². The molecule has 3 rings (SSSR count). The first-order valence-electron chi connectivity index (χ1n) is 9.59. The molecule has 160 valence electrons. The topological polar surface area (TPSA) is 116 Å². The summed E-state index contributed by atoms with van der Waals surface area (Å²) in [4.78, 5) is 23.3. The summed E-state index contributed by atoms with van der Waals surface area (Å²) < 4.78 is 38.3. The van der Waals surface area contributed by atoms with Crippen molar-refractivity contribution in [1.82, 2.24) is 4.31 Å². The van der Waals surface area contributed by atoms with E-state index in [9.17, 15) is 18.0 Å². The smallest absolute Gasteiger partial charge is 0.308 e. The molecule has 0 aromatic heterocycles. The van der Waals surface area contributed by atoms with Crippen LogP contribution in [0.15, 0.2) is 53.4 Å². The molecule has 1 heterocycles. The lowest BCUT2D eigenvalue weighted by Crippen LogP contribution is -2.41. The molecule has 0 bridgehead atoms. The summed E-state index contributed by atoms with van der Waals surface area (Å²) in [5.41, 5.74) is 6.74. The number of benzene rings is 2. The second-order valence-electron chi connectivity index (χ2n) is 6.82. The van der Waals surface area contributed by atoms with Crippen LogP contribution in [-0.2, 0) is 30.8 Å². The number of carbonyl (C=O) groups excluding carboxylic acids is 2. The van der Waals surface area contributed by atoms with Crippen LogP contribution in [0.5, 0.6) is 5.75 Å². The van der Waals surface area contributed by atoms with Crippen LogP contribution in [0.2, 0.25) is 0 Å². The predicted molar refractivity (Wildman–Crippen MR) is 109 cm³/mol. The van der Waals surface area contributed by atoms with Gasteiger partial charge in [-0.15, -0.1) is 0 Å². The number of nitrogens with zero attached hydrogens (tertiary/aromatic N) is 1. The maximum Gasteiger partial charge on any atom is 0.308 e. The molecule has 1 aliphatic heterocycles. The van der Waals surface area contributed by atoms with E-state index in [1.165, 1.54) is 16.4 Å². The summed E-state index contributed by atoms with van der Waals surface area (Å²) >= 11 is 0. The third kappa shape index (κ3) is 4.80. The van der Waals surface area contributed by atoms with Crippen molar-refractivity contribution in [2.45, 2.75) is 30.7 Å². The van der Waals surface area contributed by atoms with Gasteiger partial charge in [-0.2, -0.15) is 4.31 Å². The summed E-state index contributed by atoms with van der Waals surface area (Å²) in [5.74, 6) is -0.888. The molecule has 8 nitrogen and oxygen atoms in total. The molecule has 2 aromatic rings. The van der Waals surface area contributed by atoms with E-state index in [0.29, 0.717) is 18.8 Å². The minimum absolute atomic E-state index is 0.112. The normalized spacial score (nSPS) is 16.5. The lowest BCUT2D eigenvalue weighted by atomic mass is 9.92. The minimum Gasteiger partial charge on any atom is -0.494 e. The van der Waals surface area contributed by atoms with Gasteiger partial charge in [0.05, 0.1) is 24.0 Å². The SMILES string of the molecule is CCOc1ccc(S(=O)(=O)N2CCc3ccccc3C2CC(=O)OCC(N)=O)cc1. The van der Waals surface area contributed by atoms with E-state index in [0.717, 1.165) is 11.1 Å². The van der Waals surface area contributed by atoms with Crippen molar-refractivity contribution < 1.29 is 27.5 Å². The van der Waals surface area contributed by atoms with E-state index in [1.807, 2.05) is 19.1 Å². The molecular weight excluding hydrogens is 408 g/mol. The first kappa shape index (κ1) is 21.8. The maximum atomic E-state index is 13.4. The van der Waals surface area contributed by atoms with E-state index in [4.69, 9.17) is 15.2 Å². The van der Waals surface area contributed by atoms with Crippen LogP contribution in [0, 0.1) is 0 Å². The van der Waals surface area contributed by atoms with Gasteiger partial charge in [0, 0.05) is 6.54 Å². The molecule has 2 N–H and O–H groups in total. The number of esters is 1. The second kappa shape index (κ2) is 9.27. The Balaban J connectivity index is 1.92. The van der Waals surface area contributed by atoms with Crippen molar-refractivity contribution in [1.29, 1.82) is 0 Å². The third-order valence-electron chi connectivity index (χ3n) is 4.84. The first-order chi connectivity index (χ1) is 14.3. The number of ether oxygens (including phenoxy) is 2. The molecular formula is C21H24N2O6S. The number of rotatable bonds is 8. The number of carbonyl (C=O) groups is 2. The average molecular weight is 432 g/mol. The quantitative estimate of drug-likeness (QED) is 0.636. The molecule has 0 fully saturated rings. The molecule has 1 amide bonds. The van der Waals surface area contributed by atoms with Crippen LogP contribution in [0.1, 0.15) is 30.5 Å². The zero-order valence-corrected chi connectivity index (χ0v) is 17.4. The summed E-state index contributed by atoms with van der Waals surface area (Å²) in [5, 5.41) is 0. The highest BCUT2D eigenvalue weighted by Crippen LogP contribution is 2.36. The van der Waals surface area contributed by atoms with Crippen LogP contribution in [0.25, 0.3) is 0 Å². The number of fused-ring (bicyclic) bond motifs is 1. The number of nitrogens with two attached hydrogens (primary N) is 1. The van der Waals surface area contributed by atoms with Gasteiger partial charge in [0.2, 0.25) is 10.0 Å². The highest BCUT2D eigenvalue weighted by atomic mass is 32.2. The van der Waals surface area contributed by atoms with Crippen LogP contribution < -0.4 is 10.5 Å². The highest BCUT2D eigenvalue weighted by Gasteiger charge is 2.37. The van der Waals surface area contributed by atoms with Gasteiger partial charge in [0.25, 0.3) is 5.91 Å². The van der Waals surface area contributed by atoms with Gasteiger partial charge in [0.15, 0.2) is 6.61 Å². The minimum atomic E-state index is -3.88. The molecule has 1 aliphatic rings. The number of sulfonamides is 1. The number of amides is 1. The molecule has 9 heteroatoms. The van der Waals surface area contributed by atoms with Gasteiger partial charge >= 0.3 is 5.97 Å². The Hall–Kier alpha value is -2.91.